The van der Waals surface area contributed by atoms with Crippen molar-refractivity contribution < 1.29 is 494 Å². The molecule has 2 fully saturated rings. The average molecular weight is 1150 g/mol. The third-order valence-corrected chi connectivity index (χ3v) is 8.44. The molecular formula is C12H15K7O31S7. The molecule has 0 unspecified atom stereocenters. The second kappa shape index (κ2) is 33.3. The molecule has 9 atom stereocenters. The van der Waals surface area contributed by atoms with Crippen molar-refractivity contribution in [3.63, 3.8) is 0 Å². The summed E-state index contributed by atoms with van der Waals surface area (Å²) < 4.78 is 279. The van der Waals surface area contributed by atoms with Gasteiger partial charge in [0.25, 0.3) is 0 Å². The van der Waals surface area contributed by atoms with Crippen LogP contribution >= 0.6 is 0 Å². The molecule has 0 N–H and O–H groups in total. The van der Waals surface area contributed by atoms with Crippen LogP contribution < -0.4 is 360 Å². The van der Waals surface area contributed by atoms with Gasteiger partial charge >= 0.3 is 360 Å². The van der Waals surface area contributed by atoms with E-state index < -0.39 is 148 Å². The van der Waals surface area contributed by atoms with Crippen LogP contribution in [0.5, 0.6) is 0 Å². The Hall–Kier alpha value is 10.4. The molecule has 31 nitrogen and oxygen atoms in total. The predicted molar refractivity (Wildman–Crippen MR) is 127 cm³/mol. The summed E-state index contributed by atoms with van der Waals surface area (Å²) in [4.78, 5) is 0. The summed E-state index contributed by atoms with van der Waals surface area (Å²) in [5.41, 5.74) is 0. The van der Waals surface area contributed by atoms with Gasteiger partial charge in [-0.2, -0.15) is 0 Å². The van der Waals surface area contributed by atoms with E-state index in [1.54, 1.807) is 0 Å². The summed E-state index contributed by atoms with van der Waals surface area (Å²) in [6.45, 7) is -5.32. The van der Waals surface area contributed by atoms with Gasteiger partial charge in [0.05, 0.1) is 19.8 Å². The molecule has 2 aliphatic heterocycles. The van der Waals surface area contributed by atoms with E-state index in [1.807, 2.05) is 0 Å². The third-order valence-electron chi connectivity index (χ3n) is 5.33. The Labute approximate surface area is 623 Å². The van der Waals surface area contributed by atoms with Crippen molar-refractivity contribution in [3.8, 4) is 0 Å². The van der Waals surface area contributed by atoms with E-state index in [0.29, 0.717) is 0 Å². The smallest absolute Gasteiger partial charge is 0.726 e. The van der Waals surface area contributed by atoms with Crippen molar-refractivity contribution in [3.05, 3.63) is 0 Å². The van der Waals surface area contributed by atoms with Gasteiger partial charge in [0.2, 0.25) is 72.8 Å². The molecular weight excluding hydrogens is 1140 g/mol. The van der Waals surface area contributed by atoms with Crippen molar-refractivity contribution >= 4 is 72.8 Å². The Balaban J connectivity index is -0.000000929. The molecule has 0 aromatic carbocycles. The monoisotopic (exact) mass is 1150 g/mol. The Morgan fingerprint density at radius 2 is 0.579 bits per heavy atom. The number of hydrogen-bond donors (Lipinski definition) is 0. The Bertz CT molecular complexity index is 2000. The molecule has 0 bridgehead atoms. The second-order valence-electron chi connectivity index (χ2n) is 8.81. The minimum Gasteiger partial charge on any atom is -0.726 e. The van der Waals surface area contributed by atoms with E-state index in [-0.39, 0.29) is 360 Å². The van der Waals surface area contributed by atoms with Crippen molar-refractivity contribution in [2.75, 3.05) is 19.8 Å². The number of rotatable bonds is 19. The van der Waals surface area contributed by atoms with E-state index in [2.05, 4.69) is 29.3 Å². The first-order valence-corrected chi connectivity index (χ1v) is 20.8. The first-order valence-electron chi connectivity index (χ1n) is 11.4. The molecule has 0 radical (unpaired) electrons. The molecule has 45 heteroatoms. The van der Waals surface area contributed by atoms with Crippen LogP contribution in [0.4, 0.5) is 0 Å². The average Bonchev–Trinajstić information content (AvgIpc) is 3.14. The first-order chi connectivity index (χ1) is 22.1. The zero-order valence-electron chi connectivity index (χ0n) is 29.8. The maximum absolute atomic E-state index is 11.6. The van der Waals surface area contributed by atoms with E-state index in [9.17, 15) is 90.8 Å². The Morgan fingerprint density at radius 1 is 0.333 bits per heavy atom. The Kier molecular flexibility index (Phi) is 46.0. The van der Waals surface area contributed by atoms with Crippen LogP contribution in [-0.2, 0) is 116 Å². The van der Waals surface area contributed by atoms with Gasteiger partial charge in [0, 0.05) is 0 Å². The third kappa shape index (κ3) is 35.3. The molecule has 0 saturated carbocycles. The fourth-order valence-electron chi connectivity index (χ4n) is 3.95. The van der Waals surface area contributed by atoms with Crippen LogP contribution in [0.3, 0.4) is 0 Å². The van der Waals surface area contributed by atoms with Crippen LogP contribution in [-0.4, -0.2) is 166 Å². The van der Waals surface area contributed by atoms with Crippen molar-refractivity contribution in [1.29, 1.82) is 0 Å². The van der Waals surface area contributed by atoms with E-state index >= 15 is 0 Å². The standard InChI is InChI=1S/C12H22O31S7.7K/c13-44(14,15)34-1-4-7(8(40-47(22,23)24)5(37-4)2-35-45(16,17)18)39-12-11(43-50(31,32)33)10(42-49(28,29)30)9(41-48(25,26)27)6(38-12)3-36-46(19,20)21;;;;;;;/h4-12H,1-3H2,(H,13,14,15)(H,16,17,18)(H,19,20,21)(H,22,23,24)(H,25,26,27)(H,28,29,30)(H,31,32,33);;;;;;;/q;7*+1/p-7/t4-,5-,6+,7-,8-,9-,10+,11-,12+;;;;;;;/m1......./s1. The maximum Gasteiger partial charge on any atom is 1.00 e. The summed E-state index contributed by atoms with van der Waals surface area (Å²) in [7, 11) is -42.4. The molecule has 0 aromatic rings. The van der Waals surface area contributed by atoms with Gasteiger partial charge in [-0.15, -0.1) is 0 Å². The van der Waals surface area contributed by atoms with E-state index in [4.69, 9.17) is 14.2 Å². The quantitative estimate of drug-likeness (QED) is 0.0658. The molecule has 57 heavy (non-hydrogen) atoms. The first kappa shape index (κ1) is 78.8. The molecule has 0 amide bonds. The zero-order valence-corrected chi connectivity index (χ0v) is 57.4. The van der Waals surface area contributed by atoms with Gasteiger partial charge in [-0.05, 0) is 0 Å². The second-order valence-corrected chi connectivity index (χ2v) is 16.0. The molecule has 2 saturated heterocycles. The molecule has 2 rings (SSSR count). The summed E-state index contributed by atoms with van der Waals surface area (Å²) in [5, 5.41) is 0. The molecule has 0 spiro atoms. The van der Waals surface area contributed by atoms with Gasteiger partial charge in [0.1, 0.15) is 42.7 Å². The van der Waals surface area contributed by atoms with Crippen LogP contribution in [0.2, 0.25) is 0 Å². The molecule has 298 valence electrons. The summed E-state index contributed by atoms with van der Waals surface area (Å²) in [6, 6.07) is 0. The molecule has 2 heterocycles. The van der Waals surface area contributed by atoms with E-state index in [0.717, 1.165) is 0 Å². The fourth-order valence-corrected chi connectivity index (χ4v) is 6.83. The molecule has 0 aliphatic carbocycles. The zero-order chi connectivity index (χ0) is 38.9. The van der Waals surface area contributed by atoms with Crippen molar-refractivity contribution in [1.82, 2.24) is 0 Å². The largest absolute Gasteiger partial charge is 1.00 e. The van der Waals surface area contributed by atoms with Crippen molar-refractivity contribution in [2.24, 2.45) is 0 Å². The summed E-state index contributed by atoms with van der Waals surface area (Å²) >= 11 is 0. The Morgan fingerprint density at radius 3 is 0.877 bits per heavy atom. The SMILES string of the molecule is O=S(=O)([O-])OC[C@@H]1O[C@@H](O[C@H]2[C@H](OS(=O)(=O)[O-])[C@@H](COS(=O)(=O)[O-])O[C@@H]2COS(=O)(=O)[O-])[C@H](OS(=O)(=O)[O-])[C@@H](OS(=O)(=O)[O-])[C@@H]1OS(=O)(=O)[O-].[K+].[K+].[K+].[K+].[K+].[K+].[K+]. The van der Waals surface area contributed by atoms with Crippen LogP contribution in [0, 0.1) is 0 Å². The number of ether oxygens (including phenoxy) is 3. The van der Waals surface area contributed by atoms with Gasteiger partial charge < -0.3 is 46.1 Å². The normalized spacial score (nSPS) is 27.0. The minimum absolute atomic E-state index is 0. The van der Waals surface area contributed by atoms with E-state index in [1.165, 1.54) is 0 Å². The fraction of sp³-hybridized carbons (Fsp3) is 1.00. The van der Waals surface area contributed by atoms with Gasteiger partial charge in [-0.1, -0.05) is 0 Å². The van der Waals surface area contributed by atoms with Gasteiger partial charge in [-0.3, -0.25) is 29.3 Å². The topological polar surface area (TPSA) is 493 Å². The minimum atomic E-state index is -6.35. The van der Waals surface area contributed by atoms with Gasteiger partial charge in [0.15, 0.2) is 12.4 Å². The summed E-state index contributed by atoms with van der Waals surface area (Å²) in [6.07, 6.45) is -26.4. The number of hydrogen-bond acceptors (Lipinski definition) is 31. The van der Waals surface area contributed by atoms with Crippen LogP contribution in [0.25, 0.3) is 0 Å². The maximum atomic E-state index is 11.6. The van der Waals surface area contributed by atoms with Crippen LogP contribution in [0.1, 0.15) is 0 Å². The predicted octanol–water partition coefficient (Wildman–Crippen LogP) is -29.3. The van der Waals surface area contributed by atoms with Crippen molar-refractivity contribution in [2.45, 2.75) is 55.1 Å². The molecule has 0 aromatic heterocycles. The van der Waals surface area contributed by atoms with Crippen LogP contribution in [0.15, 0.2) is 0 Å². The molecule has 2 aliphatic rings. The van der Waals surface area contributed by atoms with Gasteiger partial charge in [-0.25, -0.2) is 58.9 Å². The summed E-state index contributed by atoms with van der Waals surface area (Å²) in [5.74, 6) is 0.